The summed E-state index contributed by atoms with van der Waals surface area (Å²) in [4.78, 5) is 38.8. The first-order valence-corrected chi connectivity index (χ1v) is 12.9. The van der Waals surface area contributed by atoms with Gasteiger partial charge in [0.05, 0.1) is 17.9 Å². The SMILES string of the molecule is C=C(C1CCC(C(=O)c2ccc(OCCCCCC)cc2)C1C(=O)O)n1nnc2ccc(C)cc2c1=O. The van der Waals surface area contributed by atoms with Crippen molar-refractivity contribution in [3.8, 4) is 5.75 Å². The van der Waals surface area contributed by atoms with Crippen LogP contribution in [0.15, 0.2) is 53.8 Å². The fourth-order valence-electron chi connectivity index (χ4n) is 5.16. The number of Topliss-reactive ketones (excluding diaryl/α,β-unsaturated/α-hetero) is 1. The molecule has 3 aromatic rings. The van der Waals surface area contributed by atoms with Crippen molar-refractivity contribution < 1.29 is 19.4 Å². The number of carbonyl (C=O) groups excluding carboxylic acids is 1. The van der Waals surface area contributed by atoms with Crippen LogP contribution in [0.2, 0.25) is 0 Å². The third-order valence-corrected chi connectivity index (χ3v) is 7.20. The molecule has 8 heteroatoms. The summed E-state index contributed by atoms with van der Waals surface area (Å²) in [6, 6.07) is 12.2. The molecule has 1 aliphatic rings. The fraction of sp³-hybridized carbons (Fsp3) is 0.414. The second-order valence-corrected chi connectivity index (χ2v) is 9.77. The molecule has 0 radical (unpaired) electrons. The number of hydrogen-bond acceptors (Lipinski definition) is 6. The number of ether oxygens (including phenoxy) is 1. The van der Waals surface area contributed by atoms with Gasteiger partial charge in [-0.2, -0.15) is 4.68 Å². The van der Waals surface area contributed by atoms with Crippen molar-refractivity contribution in [1.82, 2.24) is 15.0 Å². The van der Waals surface area contributed by atoms with Gasteiger partial charge in [0.15, 0.2) is 5.78 Å². The summed E-state index contributed by atoms with van der Waals surface area (Å²) >= 11 is 0. The van der Waals surface area contributed by atoms with Crippen molar-refractivity contribution in [2.24, 2.45) is 17.8 Å². The highest BCUT2D eigenvalue weighted by Gasteiger charge is 2.46. The zero-order chi connectivity index (χ0) is 26.5. The number of carboxylic acids is 1. The van der Waals surface area contributed by atoms with E-state index >= 15 is 0 Å². The Morgan fingerprint density at radius 3 is 2.51 bits per heavy atom. The average Bonchev–Trinajstić information content (AvgIpc) is 3.34. The van der Waals surface area contributed by atoms with E-state index in [4.69, 9.17) is 4.74 Å². The lowest BCUT2D eigenvalue weighted by molar-refractivity contribution is -0.143. The van der Waals surface area contributed by atoms with Crippen LogP contribution < -0.4 is 10.3 Å². The van der Waals surface area contributed by atoms with Gasteiger partial charge in [-0.3, -0.25) is 14.4 Å². The Morgan fingerprint density at radius 1 is 1.08 bits per heavy atom. The maximum atomic E-state index is 13.4. The van der Waals surface area contributed by atoms with E-state index in [0.29, 0.717) is 41.7 Å². The summed E-state index contributed by atoms with van der Waals surface area (Å²) in [5.41, 5.74) is 1.65. The molecular formula is C29H33N3O5. The molecule has 1 heterocycles. The second kappa shape index (κ2) is 11.5. The van der Waals surface area contributed by atoms with Crippen LogP contribution in [0.25, 0.3) is 16.6 Å². The first-order valence-electron chi connectivity index (χ1n) is 12.9. The van der Waals surface area contributed by atoms with E-state index in [-0.39, 0.29) is 11.5 Å². The number of aromatic nitrogens is 3. The number of carbonyl (C=O) groups is 2. The summed E-state index contributed by atoms with van der Waals surface area (Å²) in [6.45, 7) is 8.68. The third-order valence-electron chi connectivity index (χ3n) is 7.20. The van der Waals surface area contributed by atoms with E-state index in [1.165, 1.54) is 6.42 Å². The molecular weight excluding hydrogens is 470 g/mol. The van der Waals surface area contributed by atoms with Crippen molar-refractivity contribution in [3.05, 3.63) is 70.5 Å². The fourth-order valence-corrected chi connectivity index (χ4v) is 5.16. The Kier molecular flexibility index (Phi) is 8.16. The number of carboxylic acid groups (broad SMARTS) is 1. The van der Waals surface area contributed by atoms with Gasteiger partial charge >= 0.3 is 5.97 Å². The molecule has 1 fully saturated rings. The minimum Gasteiger partial charge on any atom is -0.494 e. The zero-order valence-electron chi connectivity index (χ0n) is 21.4. The molecule has 0 spiro atoms. The van der Waals surface area contributed by atoms with Gasteiger partial charge in [0.25, 0.3) is 5.56 Å². The normalized spacial score (nSPS) is 19.1. The highest BCUT2D eigenvalue weighted by atomic mass is 16.5. The molecule has 1 saturated carbocycles. The minimum absolute atomic E-state index is 0.232. The topological polar surface area (TPSA) is 111 Å². The number of rotatable bonds is 11. The molecule has 194 valence electrons. The third kappa shape index (κ3) is 5.63. The van der Waals surface area contributed by atoms with Crippen LogP contribution in [-0.4, -0.2) is 38.5 Å². The predicted octanol–water partition coefficient (Wildman–Crippen LogP) is 5.14. The van der Waals surface area contributed by atoms with Gasteiger partial charge in [0.1, 0.15) is 11.3 Å². The van der Waals surface area contributed by atoms with E-state index in [0.717, 1.165) is 29.5 Å². The Labute approximate surface area is 216 Å². The molecule has 0 saturated heterocycles. The van der Waals surface area contributed by atoms with E-state index in [2.05, 4.69) is 23.8 Å². The van der Waals surface area contributed by atoms with Gasteiger partial charge in [-0.05, 0) is 62.6 Å². The smallest absolute Gasteiger partial charge is 0.307 e. The van der Waals surface area contributed by atoms with Gasteiger partial charge in [-0.1, -0.05) is 49.6 Å². The van der Waals surface area contributed by atoms with Crippen LogP contribution in [0.5, 0.6) is 5.75 Å². The number of ketones is 1. The molecule has 4 rings (SSSR count). The minimum atomic E-state index is -1.09. The molecule has 3 atom stereocenters. The average molecular weight is 504 g/mol. The number of hydrogen-bond donors (Lipinski definition) is 1. The van der Waals surface area contributed by atoms with E-state index in [1.807, 2.05) is 13.0 Å². The first kappa shape index (κ1) is 26.3. The molecule has 0 aliphatic heterocycles. The Bertz CT molecular complexity index is 1360. The van der Waals surface area contributed by atoms with Crippen LogP contribution in [0, 0.1) is 24.7 Å². The van der Waals surface area contributed by atoms with Crippen molar-refractivity contribution in [2.75, 3.05) is 6.61 Å². The van der Waals surface area contributed by atoms with Crippen molar-refractivity contribution in [3.63, 3.8) is 0 Å². The molecule has 1 aliphatic carbocycles. The highest BCUT2D eigenvalue weighted by Crippen LogP contribution is 2.43. The standard InChI is InChI=1S/C29H33N3O5/c1-4-5-6-7-16-37-21-11-9-20(10-12-21)27(33)23-14-13-22(26(23)29(35)36)19(3)32-28(34)24-17-18(2)8-15-25(24)30-31-32/h8-12,15,17,22-23,26H,3-7,13-14,16H2,1-2H3,(H,35,36). The lowest BCUT2D eigenvalue weighted by Gasteiger charge is -2.22. The quantitative estimate of drug-likeness (QED) is 0.285. The number of allylic oxidation sites excluding steroid dienone is 1. The molecule has 8 nitrogen and oxygen atoms in total. The summed E-state index contributed by atoms with van der Waals surface area (Å²) in [5, 5.41) is 18.6. The Hall–Kier alpha value is -3.81. The summed E-state index contributed by atoms with van der Waals surface area (Å²) in [6.07, 6.45) is 5.23. The van der Waals surface area contributed by atoms with Crippen molar-refractivity contribution >= 4 is 28.4 Å². The zero-order valence-corrected chi connectivity index (χ0v) is 21.4. The Morgan fingerprint density at radius 2 is 1.81 bits per heavy atom. The highest BCUT2D eigenvalue weighted by molar-refractivity contribution is 6.00. The predicted molar refractivity (Wildman–Crippen MR) is 142 cm³/mol. The number of unbranched alkanes of at least 4 members (excludes halogenated alkanes) is 3. The van der Waals surface area contributed by atoms with Gasteiger partial charge in [-0.15, -0.1) is 5.10 Å². The summed E-state index contributed by atoms with van der Waals surface area (Å²) in [7, 11) is 0. The molecule has 2 aromatic carbocycles. The van der Waals surface area contributed by atoms with E-state index < -0.39 is 29.3 Å². The number of aryl methyl sites for hydroxylation is 1. The molecule has 37 heavy (non-hydrogen) atoms. The summed E-state index contributed by atoms with van der Waals surface area (Å²) in [5.74, 6) is -3.00. The van der Waals surface area contributed by atoms with Crippen molar-refractivity contribution in [2.45, 2.75) is 52.4 Å². The lowest BCUT2D eigenvalue weighted by Crippen LogP contribution is -2.33. The molecule has 1 N–H and O–H groups in total. The number of aliphatic carboxylic acids is 1. The lowest BCUT2D eigenvalue weighted by atomic mass is 9.83. The maximum Gasteiger partial charge on any atom is 0.307 e. The second-order valence-electron chi connectivity index (χ2n) is 9.77. The van der Waals surface area contributed by atoms with Gasteiger partial charge in [0, 0.05) is 23.1 Å². The number of nitrogens with zero attached hydrogens (tertiary/aromatic N) is 3. The van der Waals surface area contributed by atoms with Crippen LogP contribution in [0.1, 0.15) is 61.4 Å². The summed E-state index contributed by atoms with van der Waals surface area (Å²) < 4.78 is 6.84. The van der Waals surface area contributed by atoms with Gasteiger partial charge in [0.2, 0.25) is 0 Å². The van der Waals surface area contributed by atoms with Crippen molar-refractivity contribution in [1.29, 1.82) is 0 Å². The molecule has 0 bridgehead atoms. The molecule has 0 amide bonds. The number of fused-ring (bicyclic) bond motifs is 1. The maximum absolute atomic E-state index is 13.4. The van der Waals surface area contributed by atoms with Gasteiger partial charge < -0.3 is 9.84 Å². The molecule has 1 aromatic heterocycles. The first-order chi connectivity index (χ1) is 17.8. The van der Waals surface area contributed by atoms with Crippen LogP contribution in [0.3, 0.4) is 0 Å². The van der Waals surface area contributed by atoms with Crippen LogP contribution in [-0.2, 0) is 4.79 Å². The Balaban J connectivity index is 1.50. The largest absolute Gasteiger partial charge is 0.494 e. The monoisotopic (exact) mass is 503 g/mol. The van der Waals surface area contributed by atoms with E-state index in [9.17, 15) is 19.5 Å². The molecule has 3 unspecified atom stereocenters. The van der Waals surface area contributed by atoms with E-state index in [1.54, 1.807) is 36.4 Å². The van der Waals surface area contributed by atoms with Crippen LogP contribution >= 0.6 is 0 Å². The van der Waals surface area contributed by atoms with Crippen LogP contribution in [0.4, 0.5) is 0 Å². The number of benzene rings is 2. The van der Waals surface area contributed by atoms with Gasteiger partial charge in [-0.25, -0.2) is 0 Å².